The van der Waals surface area contributed by atoms with Crippen molar-refractivity contribution in [3.63, 3.8) is 0 Å². The molecule has 1 amide bonds. The van der Waals surface area contributed by atoms with E-state index in [-0.39, 0.29) is 18.5 Å². The molecule has 1 heterocycles. The molecule has 1 unspecified atom stereocenters. The summed E-state index contributed by atoms with van der Waals surface area (Å²) in [7, 11) is 1.59. The molecule has 1 atom stereocenters. The lowest BCUT2D eigenvalue weighted by atomic mass is 10.0. The van der Waals surface area contributed by atoms with E-state index in [0.29, 0.717) is 13.0 Å². The lowest BCUT2D eigenvalue weighted by Gasteiger charge is -2.12. The number of hydrogen-bond donors (Lipinski definition) is 4. The number of hydrogen-bond acceptors (Lipinski definition) is 8. The van der Waals surface area contributed by atoms with Gasteiger partial charge in [-0.05, 0) is 61.2 Å². The van der Waals surface area contributed by atoms with Crippen molar-refractivity contribution in [1.29, 1.82) is 0 Å². The zero-order valence-electron chi connectivity index (χ0n) is 20.8. The Bertz CT molecular complexity index is 854. The predicted molar refractivity (Wildman–Crippen MR) is 147 cm³/mol. The van der Waals surface area contributed by atoms with E-state index >= 15 is 0 Å². The molecule has 2 aromatic carbocycles. The highest BCUT2D eigenvalue weighted by Gasteiger charge is 2.20. The molecule has 0 spiro atoms. The Morgan fingerprint density at radius 1 is 1.23 bits per heavy atom. The molecule has 10 heteroatoms. The summed E-state index contributed by atoms with van der Waals surface area (Å²) in [6, 6.07) is 16.6. The average Bonchev–Trinajstić information content (AvgIpc) is 3.30. The third kappa shape index (κ3) is 15.2. The number of carbonyl (C=O) groups is 3. The quantitative estimate of drug-likeness (QED) is 0.220. The van der Waals surface area contributed by atoms with Crippen molar-refractivity contribution in [2.45, 2.75) is 32.7 Å². The number of carboxylic acids is 1. The third-order valence-corrected chi connectivity index (χ3v) is 5.66. The summed E-state index contributed by atoms with van der Waals surface area (Å²) in [6.45, 7) is 6.98. The van der Waals surface area contributed by atoms with Gasteiger partial charge in [0.05, 0.1) is 6.54 Å². The summed E-state index contributed by atoms with van der Waals surface area (Å²) >= 11 is 3.06. The van der Waals surface area contributed by atoms with Gasteiger partial charge < -0.3 is 24.7 Å². The Balaban J connectivity index is 0.000000810. The van der Waals surface area contributed by atoms with Gasteiger partial charge in [-0.25, -0.2) is 4.72 Å². The molecule has 1 aliphatic rings. The fourth-order valence-corrected chi connectivity index (χ4v) is 3.30. The molecule has 0 aliphatic carbocycles. The number of amides is 1. The standard InChI is InChI=1S/C18H20N2O2S.C3H7NO2.C3H8S.CH2O/c1-13-7-9-16(11-17(13)14-5-3-2-4-6-14)22-23-19-12-15-8-10-18(21)20-15;1-4-2-3(5)6;1-3-4-2;1-2/h2-7,9,11,15,19H,8,10,12H2,1H3,(H,20,21);4H,2H2,1H3,(H,5,6);3H2,1-2H3;1H2. The van der Waals surface area contributed by atoms with Gasteiger partial charge in [-0.3, -0.25) is 9.59 Å². The lowest BCUT2D eigenvalue weighted by molar-refractivity contribution is -0.135. The first-order valence-corrected chi connectivity index (χ1v) is 13.2. The fraction of sp³-hybridized carbons (Fsp3) is 0.400. The van der Waals surface area contributed by atoms with Crippen molar-refractivity contribution >= 4 is 42.7 Å². The van der Waals surface area contributed by atoms with E-state index in [1.807, 2.05) is 42.8 Å². The highest BCUT2D eigenvalue weighted by molar-refractivity contribution is 7.98. The summed E-state index contributed by atoms with van der Waals surface area (Å²) in [6.07, 6.45) is 3.60. The zero-order valence-corrected chi connectivity index (χ0v) is 22.5. The van der Waals surface area contributed by atoms with Crippen LogP contribution in [0.2, 0.25) is 0 Å². The van der Waals surface area contributed by atoms with Gasteiger partial charge in [0, 0.05) is 19.0 Å². The third-order valence-electron chi connectivity index (χ3n) is 4.52. The predicted octanol–water partition coefficient (Wildman–Crippen LogP) is 3.95. The van der Waals surface area contributed by atoms with Crippen molar-refractivity contribution in [2.75, 3.05) is 32.1 Å². The van der Waals surface area contributed by atoms with Gasteiger partial charge >= 0.3 is 5.97 Å². The number of nitrogens with one attached hydrogen (secondary N) is 3. The van der Waals surface area contributed by atoms with Gasteiger partial charge in [-0.1, -0.05) is 43.3 Å². The number of likely N-dealkylation sites (N-methyl/N-ethyl adjacent to an activating group) is 1. The molecule has 1 aliphatic heterocycles. The van der Waals surface area contributed by atoms with Crippen LogP contribution in [0, 0.1) is 6.92 Å². The molecule has 0 bridgehead atoms. The smallest absolute Gasteiger partial charge is 0.317 e. The second kappa shape index (κ2) is 20.8. The lowest BCUT2D eigenvalue weighted by Crippen LogP contribution is -2.33. The molecule has 0 radical (unpaired) electrons. The summed E-state index contributed by atoms with van der Waals surface area (Å²) in [5, 5.41) is 13.2. The van der Waals surface area contributed by atoms with Crippen molar-refractivity contribution in [1.82, 2.24) is 15.4 Å². The van der Waals surface area contributed by atoms with Gasteiger partial charge in [-0.15, -0.1) is 0 Å². The van der Waals surface area contributed by atoms with E-state index in [0.717, 1.165) is 12.2 Å². The van der Waals surface area contributed by atoms with Crippen LogP contribution in [0.15, 0.2) is 48.5 Å². The largest absolute Gasteiger partial charge is 0.480 e. The summed E-state index contributed by atoms with van der Waals surface area (Å²) in [4.78, 5) is 28.7. The first-order valence-electron chi connectivity index (χ1n) is 11.1. The molecule has 0 aromatic heterocycles. The number of carboxylic acid groups (broad SMARTS) is 1. The van der Waals surface area contributed by atoms with E-state index in [1.54, 1.807) is 7.05 Å². The van der Waals surface area contributed by atoms with E-state index < -0.39 is 5.97 Å². The van der Waals surface area contributed by atoms with Gasteiger partial charge in [0.25, 0.3) is 0 Å². The Morgan fingerprint density at radius 2 is 1.89 bits per heavy atom. The van der Waals surface area contributed by atoms with E-state index in [2.05, 4.69) is 59.7 Å². The van der Waals surface area contributed by atoms with Crippen LogP contribution in [0.4, 0.5) is 0 Å². The molecule has 194 valence electrons. The van der Waals surface area contributed by atoms with Gasteiger partial charge in [-0.2, -0.15) is 11.8 Å². The number of aliphatic carboxylic acids is 1. The van der Waals surface area contributed by atoms with Crippen LogP contribution in [-0.2, 0) is 14.4 Å². The van der Waals surface area contributed by atoms with Gasteiger partial charge in [0.1, 0.15) is 24.8 Å². The Hall–Kier alpha value is -2.53. The molecule has 1 fully saturated rings. The van der Waals surface area contributed by atoms with Crippen LogP contribution in [-0.4, -0.2) is 62.0 Å². The van der Waals surface area contributed by atoms with Crippen molar-refractivity contribution in [2.24, 2.45) is 0 Å². The first-order chi connectivity index (χ1) is 16.9. The Labute approximate surface area is 217 Å². The number of thioether (sulfide) groups is 1. The molecular weight excluding hydrogens is 486 g/mol. The normalized spacial score (nSPS) is 13.6. The highest BCUT2D eigenvalue weighted by atomic mass is 32.2. The molecule has 0 saturated carbocycles. The number of carbonyl (C=O) groups excluding carboxylic acids is 2. The number of benzene rings is 2. The van der Waals surface area contributed by atoms with Crippen LogP contribution in [0.3, 0.4) is 0 Å². The Kier molecular flexibility index (Phi) is 19.3. The van der Waals surface area contributed by atoms with Crippen LogP contribution < -0.4 is 19.5 Å². The molecule has 1 saturated heterocycles. The van der Waals surface area contributed by atoms with Crippen LogP contribution in [0.1, 0.15) is 25.3 Å². The maximum absolute atomic E-state index is 11.1. The molecule has 8 nitrogen and oxygen atoms in total. The van der Waals surface area contributed by atoms with E-state index in [1.165, 1.54) is 34.7 Å². The topological polar surface area (TPSA) is 117 Å². The molecule has 2 aromatic rings. The van der Waals surface area contributed by atoms with Crippen LogP contribution >= 0.6 is 24.0 Å². The minimum Gasteiger partial charge on any atom is -0.480 e. The summed E-state index contributed by atoms with van der Waals surface area (Å²) in [5.41, 5.74) is 3.57. The molecule has 35 heavy (non-hydrogen) atoms. The van der Waals surface area contributed by atoms with Crippen molar-refractivity contribution in [3.05, 3.63) is 54.1 Å². The SMILES string of the molecule is C=O.CCSC.CNCC(=O)O.Cc1ccc(OSNCC2CCC(=O)N2)cc1-c1ccccc1. The van der Waals surface area contributed by atoms with E-state index in [9.17, 15) is 9.59 Å². The molecule has 4 N–H and O–H groups in total. The minimum atomic E-state index is -0.822. The van der Waals surface area contributed by atoms with Gasteiger partial charge in [0.2, 0.25) is 5.91 Å². The first kappa shape index (κ1) is 32.5. The van der Waals surface area contributed by atoms with Crippen LogP contribution in [0.25, 0.3) is 11.1 Å². The average molecular weight is 524 g/mol. The van der Waals surface area contributed by atoms with Crippen molar-refractivity contribution in [3.8, 4) is 16.9 Å². The number of rotatable bonds is 9. The Morgan fingerprint density at radius 3 is 2.37 bits per heavy atom. The monoisotopic (exact) mass is 523 g/mol. The summed E-state index contributed by atoms with van der Waals surface area (Å²) in [5.74, 6) is 1.36. The second-order valence-electron chi connectivity index (χ2n) is 7.16. The second-order valence-corrected chi connectivity index (χ2v) is 8.94. The number of aryl methyl sites for hydroxylation is 1. The maximum atomic E-state index is 11.1. The minimum absolute atomic E-state index is 0.0417. The van der Waals surface area contributed by atoms with E-state index in [4.69, 9.17) is 14.1 Å². The summed E-state index contributed by atoms with van der Waals surface area (Å²) < 4.78 is 8.85. The van der Waals surface area contributed by atoms with Gasteiger partial charge in [0.15, 0.2) is 0 Å². The van der Waals surface area contributed by atoms with Crippen LogP contribution in [0.5, 0.6) is 5.75 Å². The highest BCUT2D eigenvalue weighted by Crippen LogP contribution is 2.28. The van der Waals surface area contributed by atoms with Crippen molar-refractivity contribution < 1.29 is 23.7 Å². The maximum Gasteiger partial charge on any atom is 0.317 e. The molecular formula is C25H37N3O5S2. The zero-order chi connectivity index (χ0) is 26.5. The molecule has 3 rings (SSSR count). The fourth-order valence-electron chi connectivity index (χ4n) is 2.78.